The molecule has 0 N–H and O–H groups in total. The molecule has 0 fully saturated rings. The molecule has 0 radical (unpaired) electrons. The summed E-state index contributed by atoms with van der Waals surface area (Å²) in [6, 6.07) is 31.1. The molecule has 0 saturated heterocycles. The van der Waals surface area contributed by atoms with Crippen LogP contribution in [0.4, 0.5) is 0 Å². The van der Waals surface area contributed by atoms with Gasteiger partial charge in [0.05, 0.1) is 22.8 Å². The maximum atomic E-state index is 5.22. The Hall–Kier alpha value is -4.47. The second-order valence-corrected chi connectivity index (χ2v) is 11.2. The van der Waals surface area contributed by atoms with Gasteiger partial charge in [-0.25, -0.2) is 9.97 Å². The number of hydrogen-bond acceptors (Lipinski definition) is 2. The van der Waals surface area contributed by atoms with Gasteiger partial charge in [-0.1, -0.05) is 112 Å². The van der Waals surface area contributed by atoms with Crippen molar-refractivity contribution in [2.45, 2.75) is 26.2 Å². The van der Waals surface area contributed by atoms with E-state index in [9.17, 15) is 0 Å². The van der Waals surface area contributed by atoms with Crippen LogP contribution in [-0.2, 0) is 21.9 Å². The van der Waals surface area contributed by atoms with Gasteiger partial charge in [-0.15, -0.1) is 22.1 Å². The second-order valence-electron chi connectivity index (χ2n) is 11.2. The van der Waals surface area contributed by atoms with E-state index >= 15 is 0 Å². The van der Waals surface area contributed by atoms with Crippen molar-refractivity contribution in [3.05, 3.63) is 119 Å². The maximum Gasteiger partial charge on any atom is 2.00 e. The van der Waals surface area contributed by atoms with Gasteiger partial charge in [-0.3, -0.25) is 0 Å². The van der Waals surface area contributed by atoms with Crippen LogP contribution in [0.15, 0.2) is 91.0 Å². The van der Waals surface area contributed by atoms with Gasteiger partial charge in [0.15, 0.2) is 0 Å². The van der Waals surface area contributed by atoms with Crippen molar-refractivity contribution in [2.75, 3.05) is 0 Å². The van der Waals surface area contributed by atoms with Crippen molar-refractivity contribution < 1.29 is 16.5 Å². The largest absolute Gasteiger partial charge is 2.00 e. The van der Waals surface area contributed by atoms with Crippen molar-refractivity contribution in [1.82, 2.24) is 19.9 Å². The number of fused-ring (bicyclic) bond motifs is 8. The van der Waals surface area contributed by atoms with Crippen molar-refractivity contribution in [3.8, 4) is 22.3 Å². The van der Waals surface area contributed by atoms with E-state index in [1.165, 1.54) is 0 Å². The molecule has 8 bridgehead atoms. The first-order valence-corrected chi connectivity index (χ1v) is 13.6. The molecule has 41 heavy (non-hydrogen) atoms. The third kappa shape index (κ3) is 4.98. The summed E-state index contributed by atoms with van der Waals surface area (Å²) >= 11 is 0. The number of benzene rings is 2. The molecule has 2 aliphatic heterocycles. The quantitative estimate of drug-likeness (QED) is 0.194. The summed E-state index contributed by atoms with van der Waals surface area (Å²) in [5, 5.41) is 0. The van der Waals surface area contributed by atoms with Crippen LogP contribution in [0.25, 0.3) is 68.6 Å². The van der Waals surface area contributed by atoms with E-state index in [0.29, 0.717) is 0 Å². The molecular weight excluding hydrogens is 547 g/mol. The van der Waals surface area contributed by atoms with E-state index < -0.39 is 0 Å². The van der Waals surface area contributed by atoms with Crippen LogP contribution < -0.4 is 9.97 Å². The van der Waals surface area contributed by atoms with E-state index in [2.05, 4.69) is 106 Å². The summed E-state index contributed by atoms with van der Waals surface area (Å²) in [4.78, 5) is 20.5. The topological polar surface area (TPSA) is 54.0 Å². The van der Waals surface area contributed by atoms with Gasteiger partial charge in [-0.2, -0.15) is 0 Å². The first kappa shape index (κ1) is 26.7. The molecule has 0 amide bonds. The molecular formula is C36H28N4Ni. The Morgan fingerprint density at radius 2 is 1.07 bits per heavy atom. The molecule has 5 heteroatoms. The minimum atomic E-state index is -0.186. The fourth-order valence-electron chi connectivity index (χ4n) is 5.59. The first-order valence-electron chi connectivity index (χ1n) is 13.6. The number of rotatable bonds is 2. The van der Waals surface area contributed by atoms with Crippen molar-refractivity contribution in [3.63, 3.8) is 0 Å². The van der Waals surface area contributed by atoms with Crippen molar-refractivity contribution in [2.24, 2.45) is 0 Å². The summed E-state index contributed by atoms with van der Waals surface area (Å²) in [5.74, 6) is 0. The molecule has 0 saturated carbocycles. The monoisotopic (exact) mass is 574 g/mol. The van der Waals surface area contributed by atoms with Gasteiger partial charge in [-0.05, 0) is 57.5 Å². The molecule has 4 nitrogen and oxygen atoms in total. The van der Waals surface area contributed by atoms with E-state index in [-0.39, 0.29) is 21.9 Å². The van der Waals surface area contributed by atoms with Crippen LogP contribution in [0.5, 0.6) is 0 Å². The Kier molecular flexibility index (Phi) is 6.85. The zero-order valence-corrected chi connectivity index (χ0v) is 24.1. The first-order chi connectivity index (χ1) is 19.4. The summed E-state index contributed by atoms with van der Waals surface area (Å²) in [6.07, 6.45) is 8.35. The number of hydrogen-bond donors (Lipinski definition) is 0. The molecule has 0 spiro atoms. The third-order valence-electron chi connectivity index (χ3n) is 7.31. The Bertz CT molecular complexity index is 1930. The summed E-state index contributed by atoms with van der Waals surface area (Å²) in [7, 11) is 0. The molecule has 0 unspecified atom stereocenters. The van der Waals surface area contributed by atoms with Crippen LogP contribution >= 0.6 is 0 Å². The van der Waals surface area contributed by atoms with Crippen LogP contribution in [0.1, 0.15) is 49.1 Å². The maximum absolute atomic E-state index is 5.22. The molecule has 5 aromatic rings. The van der Waals surface area contributed by atoms with Gasteiger partial charge in [0, 0.05) is 0 Å². The standard InChI is InChI=1S/C36H28N4.Ni/c1-36(2,3)35-31-20-18-29(39-31)33(23-10-6-4-7-11-23)27-16-14-25(37-27)22-26-15-17-28(38-26)34(24-12-8-5-9-13-24)30-19-21-32(35)40-30;/h4-22H,1-3H3;/q-2;+2. The van der Waals surface area contributed by atoms with E-state index in [4.69, 9.17) is 19.9 Å². The Morgan fingerprint density at radius 3 is 1.73 bits per heavy atom. The van der Waals surface area contributed by atoms with Crippen LogP contribution in [0.3, 0.4) is 0 Å². The molecule has 202 valence electrons. The number of nitrogens with zero attached hydrogens (tertiary/aromatic N) is 4. The van der Waals surface area contributed by atoms with Crippen LogP contribution in [-0.4, -0.2) is 9.97 Å². The SMILES string of the molecule is CC(C)(C)c1c2nc(c(-c3ccccc3)c3ccc(cc4nc(c(-c5ccccc5)c5ccc1[n-]5)C=C4)[n-]3)C=C2.[Ni+2]. The van der Waals surface area contributed by atoms with Crippen molar-refractivity contribution >= 4 is 46.4 Å². The average Bonchev–Trinajstić information content (AvgIpc) is 3.76. The van der Waals surface area contributed by atoms with Gasteiger partial charge >= 0.3 is 16.5 Å². The molecule has 2 aromatic carbocycles. The smallest absolute Gasteiger partial charge is 0.657 e. The molecule has 3 aromatic heterocycles. The molecule has 0 aliphatic carbocycles. The zero-order chi connectivity index (χ0) is 27.3. The zero-order valence-electron chi connectivity index (χ0n) is 23.1. The predicted molar refractivity (Wildman–Crippen MR) is 166 cm³/mol. The molecule has 5 heterocycles. The Labute approximate surface area is 249 Å². The summed E-state index contributed by atoms with van der Waals surface area (Å²) in [6.45, 7) is 6.66. The Balaban J connectivity index is 0.00000302. The summed E-state index contributed by atoms with van der Waals surface area (Å²) < 4.78 is 0. The minimum absolute atomic E-state index is 0. The van der Waals surface area contributed by atoms with Crippen LogP contribution in [0, 0.1) is 0 Å². The normalized spacial score (nSPS) is 12.4. The fourth-order valence-corrected chi connectivity index (χ4v) is 5.59. The fraction of sp³-hybridized carbons (Fsp3) is 0.111. The second kappa shape index (κ2) is 10.5. The van der Waals surface area contributed by atoms with Gasteiger partial charge in [0.1, 0.15) is 0 Å². The van der Waals surface area contributed by atoms with Crippen LogP contribution in [0.2, 0.25) is 0 Å². The van der Waals surface area contributed by atoms with E-state index in [1.807, 2.05) is 30.3 Å². The third-order valence-corrected chi connectivity index (χ3v) is 7.31. The van der Waals surface area contributed by atoms with E-state index in [1.54, 1.807) is 0 Å². The molecule has 2 aliphatic rings. The van der Waals surface area contributed by atoms with Gasteiger partial charge < -0.3 is 9.97 Å². The minimum Gasteiger partial charge on any atom is -0.657 e. The van der Waals surface area contributed by atoms with Crippen molar-refractivity contribution in [1.29, 1.82) is 0 Å². The van der Waals surface area contributed by atoms with Gasteiger partial charge in [0.2, 0.25) is 0 Å². The van der Waals surface area contributed by atoms with E-state index in [0.717, 1.165) is 72.7 Å². The Morgan fingerprint density at radius 1 is 0.537 bits per heavy atom. The number of aromatic nitrogens is 4. The molecule has 0 atom stereocenters. The van der Waals surface area contributed by atoms with Gasteiger partial charge in [0.25, 0.3) is 0 Å². The predicted octanol–water partition coefficient (Wildman–Crippen LogP) is 8.54. The summed E-state index contributed by atoms with van der Waals surface area (Å²) in [5.41, 5.74) is 12.3. The average molecular weight is 575 g/mol. The molecule has 7 rings (SSSR count).